The topological polar surface area (TPSA) is 4.93 Å². The fraction of sp³-hybridized carbons (Fsp3) is 0. The predicted octanol–water partition coefficient (Wildman–Crippen LogP) is 15.5. The van der Waals surface area contributed by atoms with E-state index in [9.17, 15) is 0 Å². The molecule has 10 aromatic rings. The van der Waals surface area contributed by atoms with Gasteiger partial charge in [-0.2, -0.15) is 0 Å². The summed E-state index contributed by atoms with van der Waals surface area (Å²) in [7, 11) is 0. The van der Waals surface area contributed by atoms with Gasteiger partial charge in [-0.15, -0.1) is 0 Å². The van der Waals surface area contributed by atoms with Crippen molar-refractivity contribution in [2.75, 3.05) is 0 Å². The first-order valence-corrected chi connectivity index (χ1v) is 21.1. The van der Waals surface area contributed by atoms with Gasteiger partial charge >= 0.3 is 0 Å². The van der Waals surface area contributed by atoms with Gasteiger partial charge in [-0.05, 0) is 125 Å². The number of fused-ring (bicyclic) bond motifs is 6. The van der Waals surface area contributed by atoms with E-state index < -0.39 is 0 Å². The van der Waals surface area contributed by atoms with Gasteiger partial charge in [-0.1, -0.05) is 200 Å². The van der Waals surface area contributed by atoms with Crippen LogP contribution in [0.5, 0.6) is 0 Å². The van der Waals surface area contributed by atoms with Crippen molar-refractivity contribution in [2.45, 2.75) is 0 Å². The number of hydrogen-bond donors (Lipinski definition) is 0. The first kappa shape index (κ1) is 35.0. The molecule has 1 aromatic heterocycles. The minimum absolute atomic E-state index is 1.14. The largest absolute Gasteiger partial charge is 0.309 e. The lowest BCUT2D eigenvalue weighted by molar-refractivity contribution is 1.18. The number of para-hydroxylation sites is 2. The molecule has 9 aromatic carbocycles. The Labute approximate surface area is 356 Å². The van der Waals surface area contributed by atoms with Crippen LogP contribution < -0.4 is 0 Å². The zero-order valence-electron chi connectivity index (χ0n) is 33.5. The molecule has 1 heterocycles. The molecule has 2 aliphatic rings. The van der Waals surface area contributed by atoms with E-state index in [0.717, 1.165) is 5.69 Å². The van der Waals surface area contributed by atoms with Crippen molar-refractivity contribution in [1.29, 1.82) is 0 Å². The van der Waals surface area contributed by atoms with Gasteiger partial charge in [0.15, 0.2) is 0 Å². The van der Waals surface area contributed by atoms with Crippen LogP contribution in [-0.2, 0) is 0 Å². The average molecular weight is 774 g/mol. The van der Waals surface area contributed by atoms with E-state index in [0.29, 0.717) is 0 Å². The molecule has 284 valence electrons. The summed E-state index contributed by atoms with van der Waals surface area (Å²) in [6, 6.07) is 86.7. The second-order valence-corrected chi connectivity index (χ2v) is 15.9. The van der Waals surface area contributed by atoms with Crippen molar-refractivity contribution < 1.29 is 0 Å². The summed E-state index contributed by atoms with van der Waals surface area (Å²) in [6.45, 7) is 0. The molecule has 2 aliphatic carbocycles. The molecular weight excluding hydrogens is 735 g/mol. The van der Waals surface area contributed by atoms with Gasteiger partial charge < -0.3 is 4.57 Å². The SMILES string of the molecule is c1ccc(C2=C(c3ccccc3)C(c3ccc(-n4c5ccccc5c5ccccc54)cc3)=C3C2=C(c2ccccc2)c2cc(-c4ccccc4)c(-c4ccccc4)cc23)cc1. The quantitative estimate of drug-likeness (QED) is 0.152. The van der Waals surface area contributed by atoms with Gasteiger partial charge in [0.05, 0.1) is 11.0 Å². The summed E-state index contributed by atoms with van der Waals surface area (Å²) in [5.41, 5.74) is 23.4. The van der Waals surface area contributed by atoms with Crippen LogP contribution in [0, 0.1) is 0 Å². The van der Waals surface area contributed by atoms with Crippen LogP contribution in [0.2, 0.25) is 0 Å². The molecule has 0 saturated carbocycles. The highest BCUT2D eigenvalue weighted by atomic mass is 15.0. The Kier molecular flexibility index (Phi) is 8.25. The first-order chi connectivity index (χ1) is 30.3. The van der Waals surface area contributed by atoms with Crippen molar-refractivity contribution in [3.63, 3.8) is 0 Å². The second-order valence-electron chi connectivity index (χ2n) is 15.9. The third-order valence-corrected chi connectivity index (χ3v) is 12.5. The average Bonchev–Trinajstić information content (AvgIpc) is 3.98. The van der Waals surface area contributed by atoms with Gasteiger partial charge in [-0.25, -0.2) is 0 Å². The molecule has 1 nitrogen and oxygen atoms in total. The third-order valence-electron chi connectivity index (χ3n) is 12.5. The Balaban J connectivity index is 1.20. The van der Waals surface area contributed by atoms with Crippen LogP contribution in [0.4, 0.5) is 0 Å². The van der Waals surface area contributed by atoms with Crippen LogP contribution in [0.3, 0.4) is 0 Å². The van der Waals surface area contributed by atoms with Gasteiger partial charge in [0, 0.05) is 16.5 Å². The fourth-order valence-corrected chi connectivity index (χ4v) is 9.96. The molecule has 0 spiro atoms. The van der Waals surface area contributed by atoms with E-state index in [1.54, 1.807) is 0 Å². The zero-order valence-corrected chi connectivity index (χ0v) is 33.5. The number of nitrogens with zero attached hydrogens (tertiary/aromatic N) is 1. The van der Waals surface area contributed by atoms with Crippen LogP contribution in [0.1, 0.15) is 33.4 Å². The maximum atomic E-state index is 2.49. The lowest BCUT2D eigenvalue weighted by atomic mass is 9.84. The number of allylic oxidation sites excluding steroid dienone is 5. The Hall–Kier alpha value is -8.00. The van der Waals surface area contributed by atoms with E-state index in [4.69, 9.17) is 0 Å². The van der Waals surface area contributed by atoms with Crippen LogP contribution in [0.25, 0.3) is 77.6 Å². The minimum Gasteiger partial charge on any atom is -0.309 e. The first-order valence-electron chi connectivity index (χ1n) is 21.1. The predicted molar refractivity (Wildman–Crippen MR) is 257 cm³/mol. The number of aromatic nitrogens is 1. The molecule has 0 bridgehead atoms. The molecule has 0 N–H and O–H groups in total. The molecule has 12 rings (SSSR count). The standard InChI is InChI=1S/C60H39N/c1-6-20-40(21-7-1)49-38-51-52(39-50(49)41-22-8-2-9-23-41)59-57(45-34-36-46(37-35-45)61-53-32-18-16-30-47(53)48-31-17-19-33-54(48)61)56(43-26-12-4-13-27-43)58(44-28-14-5-15-29-44)60(59)55(51)42-24-10-3-11-25-42/h1-39H. The smallest absolute Gasteiger partial charge is 0.0541 e. The van der Waals surface area contributed by atoms with Crippen LogP contribution >= 0.6 is 0 Å². The fourth-order valence-electron chi connectivity index (χ4n) is 9.96. The molecule has 0 amide bonds. The van der Waals surface area contributed by atoms with E-state index in [-0.39, 0.29) is 0 Å². The summed E-state index contributed by atoms with van der Waals surface area (Å²) in [6.07, 6.45) is 0. The normalized spacial score (nSPS) is 13.4. The minimum atomic E-state index is 1.14. The Morgan fingerprint density at radius 3 is 1.00 bits per heavy atom. The van der Waals surface area contributed by atoms with E-state index in [1.807, 2.05) is 0 Å². The van der Waals surface area contributed by atoms with E-state index in [1.165, 1.54) is 111 Å². The molecule has 0 radical (unpaired) electrons. The molecule has 0 fully saturated rings. The van der Waals surface area contributed by atoms with Crippen molar-refractivity contribution in [1.82, 2.24) is 4.57 Å². The molecule has 0 unspecified atom stereocenters. The summed E-state index contributed by atoms with van der Waals surface area (Å²) >= 11 is 0. The van der Waals surface area contributed by atoms with Crippen molar-refractivity contribution in [3.8, 4) is 27.9 Å². The molecule has 0 aliphatic heterocycles. The van der Waals surface area contributed by atoms with E-state index in [2.05, 4.69) is 241 Å². The maximum Gasteiger partial charge on any atom is 0.0541 e. The highest BCUT2D eigenvalue weighted by Gasteiger charge is 2.40. The molecule has 0 atom stereocenters. The highest BCUT2D eigenvalue weighted by Crippen LogP contribution is 2.62. The monoisotopic (exact) mass is 773 g/mol. The molecule has 1 heteroatoms. The lowest BCUT2D eigenvalue weighted by Gasteiger charge is -2.19. The van der Waals surface area contributed by atoms with Gasteiger partial charge in [-0.3, -0.25) is 0 Å². The Bertz CT molecular complexity index is 3330. The van der Waals surface area contributed by atoms with Crippen LogP contribution in [-0.4, -0.2) is 4.57 Å². The Morgan fingerprint density at radius 1 is 0.213 bits per heavy atom. The van der Waals surface area contributed by atoms with Gasteiger partial charge in [0.1, 0.15) is 0 Å². The molecular formula is C60H39N. The van der Waals surface area contributed by atoms with Crippen molar-refractivity contribution in [2.24, 2.45) is 0 Å². The van der Waals surface area contributed by atoms with Crippen LogP contribution in [0.15, 0.2) is 242 Å². The Morgan fingerprint density at radius 2 is 0.541 bits per heavy atom. The summed E-state index contributed by atoms with van der Waals surface area (Å²) in [5, 5.41) is 2.53. The second kappa shape index (κ2) is 14.4. The third kappa shape index (κ3) is 5.63. The summed E-state index contributed by atoms with van der Waals surface area (Å²) in [4.78, 5) is 0. The van der Waals surface area contributed by atoms with E-state index >= 15 is 0 Å². The maximum absolute atomic E-state index is 2.49. The summed E-state index contributed by atoms with van der Waals surface area (Å²) < 4.78 is 2.41. The molecule has 61 heavy (non-hydrogen) atoms. The highest BCUT2D eigenvalue weighted by molar-refractivity contribution is 6.39. The van der Waals surface area contributed by atoms with Gasteiger partial charge in [0.2, 0.25) is 0 Å². The van der Waals surface area contributed by atoms with Crippen molar-refractivity contribution >= 4 is 49.7 Å². The van der Waals surface area contributed by atoms with Gasteiger partial charge in [0.25, 0.3) is 0 Å². The lowest BCUT2D eigenvalue weighted by Crippen LogP contribution is -1.98. The zero-order chi connectivity index (χ0) is 40.3. The molecule has 0 saturated heterocycles. The summed E-state index contributed by atoms with van der Waals surface area (Å²) in [5.74, 6) is 0. The van der Waals surface area contributed by atoms with Crippen molar-refractivity contribution in [3.05, 3.63) is 276 Å². The number of rotatable bonds is 7. The number of benzene rings is 9. The number of hydrogen-bond acceptors (Lipinski definition) is 0.